The maximum Gasteiger partial charge on any atom is 0.325 e. The fraction of sp³-hybridized carbons (Fsp3) is 0.176. The van der Waals surface area contributed by atoms with Crippen molar-refractivity contribution in [2.75, 3.05) is 18.5 Å². The van der Waals surface area contributed by atoms with Crippen LogP contribution in [0, 0.1) is 0 Å². The minimum Gasteiger partial charge on any atom is -1.00 e. The highest BCUT2D eigenvalue weighted by molar-refractivity contribution is 6.30. The van der Waals surface area contributed by atoms with Crippen molar-refractivity contribution < 1.29 is 27.0 Å². The van der Waals surface area contributed by atoms with Crippen LogP contribution in [0.2, 0.25) is 5.02 Å². The van der Waals surface area contributed by atoms with Crippen LogP contribution in [0.15, 0.2) is 42.6 Å². The molecule has 0 amide bonds. The van der Waals surface area contributed by atoms with Crippen molar-refractivity contribution in [1.29, 1.82) is 0 Å². The molecule has 6 nitrogen and oxygen atoms in total. The number of hydrogen-bond acceptors (Lipinski definition) is 5. The summed E-state index contributed by atoms with van der Waals surface area (Å²) < 4.78 is 6.73. The van der Waals surface area contributed by atoms with Gasteiger partial charge in [-0.2, -0.15) is 0 Å². The minimum absolute atomic E-state index is 0. The standard InChI is InChI=1S/C17H16ClN3O3.ClH/c1-2-24-15(23)9-19-17-16(11-3-6-13(22)7-4-11)20-14-8-5-12(18)10-21(14)17;/h3-8,10,19,22H,2,9H2,1H3;1H/p-1. The second-order valence-electron chi connectivity index (χ2n) is 5.09. The number of carbonyl (C=O) groups excluding carboxylic acids is 1. The number of anilines is 1. The molecule has 0 bridgehead atoms. The molecule has 0 aliphatic heterocycles. The molecule has 0 atom stereocenters. The first-order valence-electron chi connectivity index (χ1n) is 7.45. The van der Waals surface area contributed by atoms with Gasteiger partial charge in [-0.05, 0) is 43.3 Å². The average molecular weight is 381 g/mol. The number of phenolic OH excluding ortho intramolecular Hbond substituents is 1. The highest BCUT2D eigenvalue weighted by atomic mass is 35.5. The number of aromatic hydroxyl groups is 1. The summed E-state index contributed by atoms with van der Waals surface area (Å²) in [6.45, 7) is 2.09. The Balaban J connectivity index is 0.00000225. The Bertz CT molecular complexity index is 879. The van der Waals surface area contributed by atoms with E-state index in [9.17, 15) is 9.90 Å². The van der Waals surface area contributed by atoms with Gasteiger partial charge in [0.2, 0.25) is 0 Å². The Hall–Kier alpha value is -2.44. The first-order chi connectivity index (χ1) is 11.6. The largest absolute Gasteiger partial charge is 1.00 e. The normalized spacial score (nSPS) is 10.3. The Kier molecular flexibility index (Phi) is 6.12. The number of halogens is 2. The van der Waals surface area contributed by atoms with Crippen LogP contribution >= 0.6 is 11.6 Å². The zero-order valence-corrected chi connectivity index (χ0v) is 14.9. The Morgan fingerprint density at radius 1 is 1.28 bits per heavy atom. The van der Waals surface area contributed by atoms with Gasteiger partial charge in [0.1, 0.15) is 29.5 Å². The number of fused-ring (bicyclic) bond motifs is 1. The Morgan fingerprint density at radius 2 is 2.00 bits per heavy atom. The van der Waals surface area contributed by atoms with Crippen molar-refractivity contribution in [2.45, 2.75) is 6.92 Å². The summed E-state index contributed by atoms with van der Waals surface area (Å²) >= 11 is 6.08. The van der Waals surface area contributed by atoms with Gasteiger partial charge in [0, 0.05) is 11.8 Å². The van der Waals surface area contributed by atoms with Crippen molar-refractivity contribution in [3.8, 4) is 17.0 Å². The predicted molar refractivity (Wildman–Crippen MR) is 92.4 cm³/mol. The van der Waals surface area contributed by atoms with Gasteiger partial charge in [-0.25, -0.2) is 4.98 Å². The van der Waals surface area contributed by atoms with Crippen LogP contribution in [-0.4, -0.2) is 33.6 Å². The lowest BCUT2D eigenvalue weighted by Gasteiger charge is -2.08. The van der Waals surface area contributed by atoms with Gasteiger partial charge >= 0.3 is 5.97 Å². The van der Waals surface area contributed by atoms with Crippen LogP contribution in [0.4, 0.5) is 5.82 Å². The van der Waals surface area contributed by atoms with E-state index in [0.29, 0.717) is 28.8 Å². The molecule has 25 heavy (non-hydrogen) atoms. The van der Waals surface area contributed by atoms with Crippen LogP contribution in [0.1, 0.15) is 6.92 Å². The maximum atomic E-state index is 11.7. The van der Waals surface area contributed by atoms with Crippen LogP contribution < -0.4 is 17.7 Å². The number of phenols is 1. The number of ether oxygens (including phenoxy) is 1. The van der Waals surface area contributed by atoms with Crippen LogP contribution in [-0.2, 0) is 9.53 Å². The summed E-state index contributed by atoms with van der Waals surface area (Å²) in [5.41, 5.74) is 2.15. The quantitative estimate of drug-likeness (QED) is 0.624. The number of aromatic nitrogens is 2. The Morgan fingerprint density at radius 3 is 2.68 bits per heavy atom. The van der Waals surface area contributed by atoms with Gasteiger partial charge in [-0.3, -0.25) is 9.20 Å². The molecule has 2 N–H and O–H groups in total. The molecule has 0 saturated heterocycles. The van der Waals surface area contributed by atoms with Crippen molar-refractivity contribution in [2.24, 2.45) is 0 Å². The molecule has 3 aromatic rings. The third-order valence-electron chi connectivity index (χ3n) is 3.43. The summed E-state index contributed by atoms with van der Waals surface area (Å²) in [5.74, 6) is 0.448. The smallest absolute Gasteiger partial charge is 0.325 e. The number of hydrogen-bond donors (Lipinski definition) is 2. The first kappa shape index (κ1) is 18.9. The van der Waals surface area contributed by atoms with E-state index in [1.54, 1.807) is 53.9 Å². The predicted octanol–water partition coefficient (Wildman–Crippen LogP) is 0.339. The number of imidazole rings is 1. The number of rotatable bonds is 5. The van der Waals surface area contributed by atoms with E-state index in [2.05, 4.69) is 10.3 Å². The second-order valence-corrected chi connectivity index (χ2v) is 5.53. The maximum absolute atomic E-state index is 11.7. The van der Waals surface area contributed by atoms with Crippen molar-refractivity contribution in [3.05, 3.63) is 47.6 Å². The van der Waals surface area contributed by atoms with Crippen LogP contribution in [0.25, 0.3) is 16.9 Å². The number of nitrogens with one attached hydrogen (secondary N) is 1. The molecule has 0 fully saturated rings. The van der Waals surface area contributed by atoms with E-state index >= 15 is 0 Å². The molecule has 2 heterocycles. The molecular weight excluding hydrogens is 365 g/mol. The van der Waals surface area contributed by atoms with Crippen molar-refractivity contribution in [3.63, 3.8) is 0 Å². The molecule has 132 valence electrons. The molecule has 0 saturated carbocycles. The van der Waals surface area contributed by atoms with Crippen molar-refractivity contribution in [1.82, 2.24) is 9.38 Å². The van der Waals surface area contributed by atoms with E-state index in [0.717, 1.165) is 5.56 Å². The first-order valence-corrected chi connectivity index (χ1v) is 7.83. The molecule has 0 radical (unpaired) electrons. The van der Waals surface area contributed by atoms with E-state index in [-0.39, 0.29) is 30.7 Å². The van der Waals surface area contributed by atoms with E-state index in [1.807, 2.05) is 0 Å². The topological polar surface area (TPSA) is 75.9 Å². The lowest BCUT2D eigenvalue weighted by Crippen LogP contribution is -3.00. The SMILES string of the molecule is CCOC(=O)CNc1c(-c2ccc(O)cc2)nc2ccc(Cl)cn12.[Cl-]. The lowest BCUT2D eigenvalue weighted by atomic mass is 10.1. The monoisotopic (exact) mass is 380 g/mol. The van der Waals surface area contributed by atoms with Gasteiger partial charge in [0.15, 0.2) is 0 Å². The molecule has 0 spiro atoms. The van der Waals surface area contributed by atoms with Gasteiger partial charge in [0.25, 0.3) is 0 Å². The van der Waals surface area contributed by atoms with E-state index in [1.165, 1.54) is 0 Å². The summed E-state index contributed by atoms with van der Waals surface area (Å²) in [6.07, 6.45) is 1.72. The zero-order valence-electron chi connectivity index (χ0n) is 13.4. The highest BCUT2D eigenvalue weighted by Gasteiger charge is 2.15. The Labute approximate surface area is 155 Å². The van der Waals surface area contributed by atoms with Gasteiger partial charge in [-0.15, -0.1) is 0 Å². The third-order valence-corrected chi connectivity index (χ3v) is 3.65. The van der Waals surface area contributed by atoms with Gasteiger partial charge < -0.3 is 27.6 Å². The summed E-state index contributed by atoms with van der Waals surface area (Å²) in [7, 11) is 0. The fourth-order valence-electron chi connectivity index (χ4n) is 2.38. The summed E-state index contributed by atoms with van der Waals surface area (Å²) in [5, 5.41) is 13.1. The number of nitrogens with zero attached hydrogens (tertiary/aromatic N) is 2. The molecular formula is C17H16Cl2N3O3-. The number of esters is 1. The third kappa shape index (κ3) is 4.15. The van der Waals surface area contributed by atoms with E-state index < -0.39 is 0 Å². The number of carbonyl (C=O) groups is 1. The molecule has 0 unspecified atom stereocenters. The van der Waals surface area contributed by atoms with Gasteiger partial charge in [0.05, 0.1) is 11.6 Å². The molecule has 1 aromatic carbocycles. The number of pyridine rings is 1. The van der Waals surface area contributed by atoms with E-state index in [4.69, 9.17) is 16.3 Å². The van der Waals surface area contributed by atoms with Crippen LogP contribution in [0.5, 0.6) is 5.75 Å². The lowest BCUT2D eigenvalue weighted by molar-refractivity contribution is -0.140. The second kappa shape index (κ2) is 8.09. The van der Waals surface area contributed by atoms with Crippen LogP contribution in [0.3, 0.4) is 0 Å². The molecule has 0 aliphatic carbocycles. The summed E-state index contributed by atoms with van der Waals surface area (Å²) in [4.78, 5) is 16.2. The summed E-state index contributed by atoms with van der Waals surface area (Å²) in [6, 6.07) is 10.2. The van der Waals surface area contributed by atoms with Crippen molar-refractivity contribution >= 4 is 29.0 Å². The molecule has 2 aromatic heterocycles. The molecule has 0 aliphatic rings. The number of benzene rings is 1. The zero-order chi connectivity index (χ0) is 17.1. The van der Waals surface area contributed by atoms with Gasteiger partial charge in [-0.1, -0.05) is 11.6 Å². The highest BCUT2D eigenvalue weighted by Crippen LogP contribution is 2.30. The molecule has 3 rings (SSSR count). The molecule has 8 heteroatoms. The average Bonchev–Trinajstić information content (AvgIpc) is 2.91. The minimum atomic E-state index is -0.355. The fourth-order valence-corrected chi connectivity index (χ4v) is 2.54.